The topological polar surface area (TPSA) is 93.1 Å². The van der Waals surface area contributed by atoms with Gasteiger partial charge in [-0.3, -0.25) is 4.90 Å². The second kappa shape index (κ2) is 6.90. The first-order valence-corrected chi connectivity index (χ1v) is 7.25. The predicted octanol–water partition coefficient (Wildman–Crippen LogP) is -0.298. The molecule has 0 bridgehead atoms. The van der Waals surface area contributed by atoms with Crippen molar-refractivity contribution in [2.24, 2.45) is 0 Å². The van der Waals surface area contributed by atoms with Crippen molar-refractivity contribution < 1.29 is 19.8 Å². The summed E-state index contributed by atoms with van der Waals surface area (Å²) in [5.74, 6) is -1.25. The van der Waals surface area contributed by atoms with Crippen molar-refractivity contribution in [3.05, 3.63) is 0 Å². The summed E-state index contributed by atoms with van der Waals surface area (Å²) in [6.45, 7) is 3.68. The van der Waals surface area contributed by atoms with Crippen LogP contribution in [0.15, 0.2) is 0 Å². The van der Waals surface area contributed by atoms with Gasteiger partial charge >= 0.3 is 12.0 Å². The molecule has 2 rings (SSSR count). The van der Waals surface area contributed by atoms with Crippen molar-refractivity contribution in [1.82, 2.24) is 15.1 Å². The Balaban J connectivity index is 1.71. The number of nitrogens with one attached hydrogen (secondary N) is 1. The Labute approximate surface area is 118 Å². The Kier molecular flexibility index (Phi) is 5.19. The van der Waals surface area contributed by atoms with Crippen LogP contribution in [0.1, 0.15) is 25.7 Å². The SMILES string of the molecule is O=C(O)C(O)CCNC(=O)N1CCN2CCCCC2C1. The number of hydrogen-bond donors (Lipinski definition) is 3. The summed E-state index contributed by atoms with van der Waals surface area (Å²) in [5, 5.41) is 20.4. The van der Waals surface area contributed by atoms with Crippen molar-refractivity contribution >= 4 is 12.0 Å². The molecule has 0 radical (unpaired) electrons. The van der Waals surface area contributed by atoms with Crippen LogP contribution in [0, 0.1) is 0 Å². The van der Waals surface area contributed by atoms with E-state index in [1.165, 1.54) is 12.8 Å². The minimum Gasteiger partial charge on any atom is -0.479 e. The molecule has 0 spiro atoms. The minimum absolute atomic E-state index is 0.0322. The van der Waals surface area contributed by atoms with Gasteiger partial charge in [0.05, 0.1) is 0 Å². The van der Waals surface area contributed by atoms with Crippen LogP contribution in [-0.2, 0) is 4.79 Å². The lowest BCUT2D eigenvalue weighted by molar-refractivity contribution is -0.146. The third-order valence-electron chi connectivity index (χ3n) is 4.10. The maximum absolute atomic E-state index is 12.0. The summed E-state index contributed by atoms with van der Waals surface area (Å²) in [6.07, 6.45) is 2.23. The number of carboxylic acids is 1. The average molecular weight is 285 g/mol. The number of hydrogen-bond acceptors (Lipinski definition) is 4. The number of amides is 2. The number of carbonyl (C=O) groups is 2. The number of carboxylic acid groups (broad SMARTS) is 1. The summed E-state index contributed by atoms with van der Waals surface area (Å²) in [7, 11) is 0. The molecule has 0 aromatic carbocycles. The zero-order chi connectivity index (χ0) is 14.5. The molecular weight excluding hydrogens is 262 g/mol. The first-order chi connectivity index (χ1) is 9.58. The van der Waals surface area contributed by atoms with Gasteiger partial charge in [-0.05, 0) is 19.4 Å². The Morgan fingerprint density at radius 1 is 1.25 bits per heavy atom. The molecule has 20 heavy (non-hydrogen) atoms. The summed E-state index contributed by atoms with van der Waals surface area (Å²) in [6, 6.07) is 0.306. The number of piperazine rings is 1. The lowest BCUT2D eigenvalue weighted by Crippen LogP contribution is -2.58. The summed E-state index contributed by atoms with van der Waals surface area (Å²) >= 11 is 0. The molecule has 2 saturated heterocycles. The molecular formula is C13H23N3O4. The molecule has 3 N–H and O–H groups in total. The van der Waals surface area contributed by atoms with Crippen LogP contribution in [0.25, 0.3) is 0 Å². The van der Waals surface area contributed by atoms with Crippen LogP contribution in [0.2, 0.25) is 0 Å². The second-order valence-corrected chi connectivity index (χ2v) is 5.51. The average Bonchev–Trinajstić information content (AvgIpc) is 2.46. The van der Waals surface area contributed by atoms with E-state index >= 15 is 0 Å². The van der Waals surface area contributed by atoms with E-state index < -0.39 is 12.1 Å². The van der Waals surface area contributed by atoms with E-state index in [1.807, 2.05) is 0 Å². The number of urea groups is 1. The van der Waals surface area contributed by atoms with Crippen molar-refractivity contribution in [2.75, 3.05) is 32.7 Å². The fourth-order valence-corrected chi connectivity index (χ4v) is 2.89. The summed E-state index contributed by atoms with van der Waals surface area (Å²) in [4.78, 5) is 26.7. The number of aliphatic carboxylic acids is 1. The molecule has 2 aliphatic heterocycles. The zero-order valence-electron chi connectivity index (χ0n) is 11.6. The quantitative estimate of drug-likeness (QED) is 0.659. The number of fused-ring (bicyclic) bond motifs is 1. The number of aliphatic hydroxyl groups is 1. The van der Waals surface area contributed by atoms with E-state index in [2.05, 4.69) is 10.2 Å². The van der Waals surface area contributed by atoms with Crippen LogP contribution in [0.3, 0.4) is 0 Å². The van der Waals surface area contributed by atoms with Gasteiger partial charge in [-0.25, -0.2) is 9.59 Å². The highest BCUT2D eigenvalue weighted by atomic mass is 16.4. The smallest absolute Gasteiger partial charge is 0.332 e. The molecule has 114 valence electrons. The van der Waals surface area contributed by atoms with E-state index in [-0.39, 0.29) is 19.0 Å². The van der Waals surface area contributed by atoms with Crippen LogP contribution < -0.4 is 5.32 Å². The van der Waals surface area contributed by atoms with Crippen LogP contribution in [0.4, 0.5) is 4.79 Å². The van der Waals surface area contributed by atoms with Gasteiger partial charge in [-0.1, -0.05) is 6.42 Å². The normalized spacial score (nSPS) is 24.9. The minimum atomic E-state index is -1.41. The number of nitrogens with zero attached hydrogens (tertiary/aromatic N) is 2. The van der Waals surface area contributed by atoms with Crippen molar-refractivity contribution in [2.45, 2.75) is 37.8 Å². The largest absolute Gasteiger partial charge is 0.479 e. The van der Waals surface area contributed by atoms with Gasteiger partial charge in [0.15, 0.2) is 6.10 Å². The Morgan fingerprint density at radius 2 is 2.05 bits per heavy atom. The molecule has 0 saturated carbocycles. The van der Waals surface area contributed by atoms with Crippen molar-refractivity contribution in [1.29, 1.82) is 0 Å². The molecule has 2 amide bonds. The highest BCUT2D eigenvalue weighted by molar-refractivity contribution is 5.75. The number of rotatable bonds is 4. The van der Waals surface area contributed by atoms with E-state index in [0.29, 0.717) is 12.6 Å². The van der Waals surface area contributed by atoms with Gasteiger partial charge in [-0.2, -0.15) is 0 Å². The van der Waals surface area contributed by atoms with E-state index in [9.17, 15) is 9.59 Å². The summed E-state index contributed by atoms with van der Waals surface area (Å²) < 4.78 is 0. The van der Waals surface area contributed by atoms with Crippen molar-refractivity contribution in [3.63, 3.8) is 0 Å². The molecule has 2 heterocycles. The van der Waals surface area contributed by atoms with E-state index in [4.69, 9.17) is 10.2 Å². The molecule has 0 aliphatic carbocycles. The van der Waals surface area contributed by atoms with Crippen LogP contribution in [0.5, 0.6) is 0 Å². The highest BCUT2D eigenvalue weighted by Gasteiger charge is 2.30. The first kappa shape index (κ1) is 15.1. The lowest BCUT2D eigenvalue weighted by Gasteiger charge is -2.43. The van der Waals surface area contributed by atoms with E-state index in [0.717, 1.165) is 26.1 Å². The monoisotopic (exact) mass is 285 g/mol. The Bertz CT molecular complexity index is 364. The van der Waals surface area contributed by atoms with Gasteiger partial charge in [0.25, 0.3) is 0 Å². The number of piperidine rings is 1. The van der Waals surface area contributed by atoms with E-state index in [1.54, 1.807) is 4.90 Å². The molecule has 0 aromatic rings. The predicted molar refractivity (Wildman–Crippen MR) is 72.4 cm³/mol. The fourth-order valence-electron chi connectivity index (χ4n) is 2.89. The Hall–Kier alpha value is -1.34. The van der Waals surface area contributed by atoms with Crippen LogP contribution >= 0.6 is 0 Å². The van der Waals surface area contributed by atoms with Gasteiger partial charge < -0.3 is 20.4 Å². The standard InChI is InChI=1S/C13H23N3O4/c17-11(12(18)19)4-5-14-13(20)16-8-7-15-6-2-1-3-10(15)9-16/h10-11,17H,1-9H2,(H,14,20)(H,18,19). The van der Waals surface area contributed by atoms with Crippen LogP contribution in [-0.4, -0.2) is 76.9 Å². The fraction of sp³-hybridized carbons (Fsp3) is 0.846. The van der Waals surface area contributed by atoms with Gasteiger partial charge in [-0.15, -0.1) is 0 Å². The second-order valence-electron chi connectivity index (χ2n) is 5.51. The molecule has 7 nitrogen and oxygen atoms in total. The van der Waals surface area contributed by atoms with Gasteiger partial charge in [0, 0.05) is 38.6 Å². The Morgan fingerprint density at radius 3 is 2.80 bits per heavy atom. The highest BCUT2D eigenvalue weighted by Crippen LogP contribution is 2.20. The number of aliphatic hydroxyl groups excluding tert-OH is 1. The summed E-state index contributed by atoms with van der Waals surface area (Å²) in [5.41, 5.74) is 0. The van der Waals surface area contributed by atoms with Crippen molar-refractivity contribution in [3.8, 4) is 0 Å². The third kappa shape index (κ3) is 3.83. The van der Waals surface area contributed by atoms with Gasteiger partial charge in [0.1, 0.15) is 0 Å². The first-order valence-electron chi connectivity index (χ1n) is 7.25. The third-order valence-corrected chi connectivity index (χ3v) is 4.10. The molecule has 2 aliphatic rings. The molecule has 2 atom stereocenters. The zero-order valence-corrected chi connectivity index (χ0v) is 11.6. The molecule has 0 aromatic heterocycles. The lowest BCUT2D eigenvalue weighted by atomic mass is 10.00. The molecule has 7 heteroatoms. The maximum Gasteiger partial charge on any atom is 0.332 e. The maximum atomic E-state index is 12.0. The molecule has 2 fully saturated rings. The number of carbonyl (C=O) groups excluding carboxylic acids is 1. The van der Waals surface area contributed by atoms with Gasteiger partial charge in [0.2, 0.25) is 0 Å². The molecule has 2 unspecified atom stereocenters.